The minimum atomic E-state index is -0.362. The number of carbonyl (C=O) groups is 2. The molecule has 6 nitrogen and oxygen atoms in total. The van der Waals surface area contributed by atoms with E-state index < -0.39 is 0 Å². The van der Waals surface area contributed by atoms with Gasteiger partial charge in [-0.05, 0) is 25.1 Å². The fraction of sp³-hybridized carbons (Fsp3) is 0.364. The number of nitrogens with two attached hydrogens (primary N) is 1. The SMILES string of the molecule is Cl.Cl.NCCCNC(=O)CNC(=O)c1ccccn1. The van der Waals surface area contributed by atoms with E-state index in [-0.39, 0.29) is 43.2 Å². The molecule has 0 aliphatic carbocycles. The molecule has 0 bridgehead atoms. The number of aromatic nitrogens is 1. The Hall–Kier alpha value is -1.37. The zero-order valence-corrected chi connectivity index (χ0v) is 11.9. The highest BCUT2D eigenvalue weighted by Crippen LogP contribution is 1.91. The highest BCUT2D eigenvalue weighted by atomic mass is 35.5. The van der Waals surface area contributed by atoms with Crippen molar-refractivity contribution in [1.29, 1.82) is 0 Å². The van der Waals surface area contributed by atoms with Gasteiger partial charge in [0, 0.05) is 12.7 Å². The molecule has 4 N–H and O–H groups in total. The topological polar surface area (TPSA) is 97.1 Å². The van der Waals surface area contributed by atoms with Crippen molar-refractivity contribution in [2.45, 2.75) is 6.42 Å². The van der Waals surface area contributed by atoms with Crippen LogP contribution in [0.25, 0.3) is 0 Å². The molecule has 1 aromatic rings. The molecule has 8 heteroatoms. The van der Waals surface area contributed by atoms with E-state index in [1.54, 1.807) is 18.2 Å². The van der Waals surface area contributed by atoms with Crippen LogP contribution in [0.5, 0.6) is 0 Å². The predicted molar refractivity (Wildman–Crippen MR) is 77.7 cm³/mol. The van der Waals surface area contributed by atoms with Crippen LogP contribution in [-0.4, -0.2) is 36.4 Å². The van der Waals surface area contributed by atoms with Crippen LogP contribution in [0.3, 0.4) is 0 Å². The van der Waals surface area contributed by atoms with Gasteiger partial charge in [-0.15, -0.1) is 24.8 Å². The van der Waals surface area contributed by atoms with Crippen molar-refractivity contribution in [2.24, 2.45) is 5.73 Å². The van der Waals surface area contributed by atoms with Gasteiger partial charge in [0.05, 0.1) is 6.54 Å². The number of halogens is 2. The van der Waals surface area contributed by atoms with E-state index in [2.05, 4.69) is 15.6 Å². The maximum Gasteiger partial charge on any atom is 0.270 e. The Morgan fingerprint density at radius 3 is 2.53 bits per heavy atom. The highest BCUT2D eigenvalue weighted by molar-refractivity contribution is 5.94. The summed E-state index contributed by atoms with van der Waals surface area (Å²) in [6.45, 7) is 0.995. The molecule has 1 rings (SSSR count). The van der Waals surface area contributed by atoms with Crippen LogP contribution in [0.15, 0.2) is 24.4 Å². The van der Waals surface area contributed by atoms with Crippen molar-refractivity contribution in [3.05, 3.63) is 30.1 Å². The zero-order chi connectivity index (χ0) is 12.5. The number of hydrogen-bond acceptors (Lipinski definition) is 4. The van der Waals surface area contributed by atoms with Crippen LogP contribution in [0, 0.1) is 0 Å². The third kappa shape index (κ3) is 8.36. The van der Waals surface area contributed by atoms with Crippen LogP contribution < -0.4 is 16.4 Å². The maximum absolute atomic E-state index is 11.5. The molecule has 1 aromatic heterocycles. The summed E-state index contributed by atoms with van der Waals surface area (Å²) in [6.07, 6.45) is 2.25. The first-order chi connectivity index (χ1) is 8.24. The molecule has 0 spiro atoms. The third-order valence-corrected chi connectivity index (χ3v) is 2.01. The molecule has 0 aliphatic heterocycles. The molecule has 108 valence electrons. The van der Waals surface area contributed by atoms with E-state index >= 15 is 0 Å². The lowest BCUT2D eigenvalue weighted by atomic mass is 10.3. The summed E-state index contributed by atoms with van der Waals surface area (Å²) >= 11 is 0. The fourth-order valence-electron chi connectivity index (χ4n) is 1.14. The van der Waals surface area contributed by atoms with Crippen molar-refractivity contribution in [3.8, 4) is 0 Å². The Labute approximate surface area is 124 Å². The monoisotopic (exact) mass is 308 g/mol. The van der Waals surface area contributed by atoms with Gasteiger partial charge in [0.15, 0.2) is 0 Å². The molecule has 2 amide bonds. The summed E-state index contributed by atoms with van der Waals surface area (Å²) in [5.74, 6) is -0.595. The molecule has 0 saturated heterocycles. The van der Waals surface area contributed by atoms with E-state index in [4.69, 9.17) is 5.73 Å². The quantitative estimate of drug-likeness (QED) is 0.650. The Morgan fingerprint density at radius 1 is 1.21 bits per heavy atom. The van der Waals surface area contributed by atoms with Crippen LogP contribution >= 0.6 is 24.8 Å². The second-order valence-corrected chi connectivity index (χ2v) is 3.39. The number of carbonyl (C=O) groups excluding carboxylic acids is 2. The number of nitrogens with zero attached hydrogens (tertiary/aromatic N) is 1. The number of rotatable bonds is 6. The summed E-state index contributed by atoms with van der Waals surface area (Å²) in [6, 6.07) is 5.02. The summed E-state index contributed by atoms with van der Waals surface area (Å²) in [5.41, 5.74) is 5.58. The Bertz CT molecular complexity index is 376. The van der Waals surface area contributed by atoms with Crippen molar-refractivity contribution in [3.63, 3.8) is 0 Å². The molecule has 19 heavy (non-hydrogen) atoms. The zero-order valence-electron chi connectivity index (χ0n) is 10.3. The van der Waals surface area contributed by atoms with Crippen molar-refractivity contribution in [1.82, 2.24) is 15.6 Å². The molecular weight excluding hydrogens is 291 g/mol. The van der Waals surface area contributed by atoms with Gasteiger partial charge in [-0.25, -0.2) is 0 Å². The summed E-state index contributed by atoms with van der Waals surface area (Å²) in [5, 5.41) is 5.12. The van der Waals surface area contributed by atoms with Crippen molar-refractivity contribution < 1.29 is 9.59 Å². The number of pyridine rings is 1. The molecule has 0 aliphatic rings. The van der Waals surface area contributed by atoms with Crippen LogP contribution in [-0.2, 0) is 4.79 Å². The molecular formula is C11H18Cl2N4O2. The highest BCUT2D eigenvalue weighted by Gasteiger charge is 2.07. The van der Waals surface area contributed by atoms with Crippen molar-refractivity contribution in [2.75, 3.05) is 19.6 Å². The van der Waals surface area contributed by atoms with E-state index in [1.807, 2.05) is 0 Å². The average molecular weight is 309 g/mol. The Kier molecular flexibility index (Phi) is 12.3. The lowest BCUT2D eigenvalue weighted by Crippen LogP contribution is -2.37. The number of hydrogen-bond donors (Lipinski definition) is 3. The Balaban J connectivity index is 0. The molecule has 0 unspecified atom stereocenters. The van der Waals surface area contributed by atoms with Crippen LogP contribution in [0.1, 0.15) is 16.9 Å². The summed E-state index contributed by atoms with van der Waals surface area (Å²) < 4.78 is 0. The molecule has 0 saturated carbocycles. The number of nitrogens with one attached hydrogen (secondary N) is 2. The van der Waals surface area contributed by atoms with E-state index in [1.165, 1.54) is 6.20 Å². The predicted octanol–water partition coefficient (Wildman–Crippen LogP) is 0.120. The van der Waals surface area contributed by atoms with Crippen LogP contribution in [0.2, 0.25) is 0 Å². The standard InChI is InChI=1S/C11H16N4O2.2ClH/c12-5-3-7-14-10(16)8-15-11(17)9-4-1-2-6-13-9;;/h1-2,4,6H,3,5,7-8,12H2,(H,14,16)(H,15,17);2*1H. The van der Waals surface area contributed by atoms with Gasteiger partial charge in [0.25, 0.3) is 5.91 Å². The lowest BCUT2D eigenvalue weighted by molar-refractivity contribution is -0.120. The molecule has 0 fully saturated rings. The van der Waals surface area contributed by atoms with Gasteiger partial charge in [-0.2, -0.15) is 0 Å². The second kappa shape index (κ2) is 11.7. The van der Waals surface area contributed by atoms with Crippen molar-refractivity contribution >= 4 is 36.6 Å². The minimum absolute atomic E-state index is 0. The fourth-order valence-corrected chi connectivity index (χ4v) is 1.14. The summed E-state index contributed by atoms with van der Waals surface area (Å²) in [4.78, 5) is 26.6. The van der Waals surface area contributed by atoms with E-state index in [0.29, 0.717) is 18.8 Å². The van der Waals surface area contributed by atoms with E-state index in [0.717, 1.165) is 6.42 Å². The molecule has 1 heterocycles. The van der Waals surface area contributed by atoms with Gasteiger partial charge in [-0.3, -0.25) is 14.6 Å². The van der Waals surface area contributed by atoms with Gasteiger partial charge in [-0.1, -0.05) is 6.07 Å². The van der Waals surface area contributed by atoms with Gasteiger partial charge < -0.3 is 16.4 Å². The largest absolute Gasteiger partial charge is 0.355 e. The smallest absolute Gasteiger partial charge is 0.270 e. The van der Waals surface area contributed by atoms with Crippen LogP contribution in [0.4, 0.5) is 0 Å². The van der Waals surface area contributed by atoms with Gasteiger partial charge in [0.2, 0.25) is 5.91 Å². The maximum atomic E-state index is 11.5. The second-order valence-electron chi connectivity index (χ2n) is 3.39. The summed E-state index contributed by atoms with van der Waals surface area (Å²) in [7, 11) is 0. The molecule has 0 aromatic carbocycles. The first kappa shape index (κ1) is 20.0. The Morgan fingerprint density at radius 2 is 1.95 bits per heavy atom. The van der Waals surface area contributed by atoms with E-state index in [9.17, 15) is 9.59 Å². The first-order valence-corrected chi connectivity index (χ1v) is 5.40. The molecule has 0 radical (unpaired) electrons. The minimum Gasteiger partial charge on any atom is -0.355 e. The third-order valence-electron chi connectivity index (χ3n) is 2.01. The van der Waals surface area contributed by atoms with Gasteiger partial charge in [0.1, 0.15) is 5.69 Å². The van der Waals surface area contributed by atoms with Gasteiger partial charge >= 0.3 is 0 Å². The normalized spacial score (nSPS) is 8.68. The first-order valence-electron chi connectivity index (χ1n) is 5.40. The average Bonchev–Trinajstić information content (AvgIpc) is 2.37. The lowest BCUT2D eigenvalue weighted by Gasteiger charge is -2.05. The molecule has 0 atom stereocenters. The number of amides is 2.